The summed E-state index contributed by atoms with van der Waals surface area (Å²) in [7, 11) is 0. The molecule has 3 nitrogen and oxygen atoms in total. The molecule has 0 aliphatic rings. The molecule has 0 saturated carbocycles. The first-order chi connectivity index (χ1) is 7.54. The van der Waals surface area contributed by atoms with Gasteiger partial charge in [0.15, 0.2) is 0 Å². The zero-order valence-electron chi connectivity index (χ0n) is 10.2. The van der Waals surface area contributed by atoms with E-state index in [0.29, 0.717) is 0 Å². The number of fused-ring (bicyclic) bond motifs is 1. The van der Waals surface area contributed by atoms with Crippen LogP contribution in [0.3, 0.4) is 0 Å². The van der Waals surface area contributed by atoms with E-state index in [2.05, 4.69) is 36.4 Å². The fraction of sp³-hybridized carbons (Fsp3) is 0.462. The third kappa shape index (κ3) is 1.77. The minimum atomic E-state index is 0.111. The Balaban J connectivity index is 2.53. The molecule has 0 fully saturated rings. The normalized spacial score (nSPS) is 12.2. The largest absolute Gasteiger partial charge is 0.399 e. The quantitative estimate of drug-likeness (QED) is 0.802. The summed E-state index contributed by atoms with van der Waals surface area (Å²) in [4.78, 5) is 4.41. The molecule has 0 aliphatic carbocycles. The fourth-order valence-corrected chi connectivity index (χ4v) is 2.24. The van der Waals surface area contributed by atoms with E-state index in [1.807, 2.05) is 18.5 Å². The molecule has 0 unspecified atom stereocenters. The lowest BCUT2D eigenvalue weighted by atomic mass is 9.98. The number of nitrogens with zero attached hydrogens (tertiary/aromatic N) is 2. The number of rotatable bonds is 3. The number of hydrogen-bond donors (Lipinski definition) is 1. The molecule has 2 rings (SSSR count). The minimum absolute atomic E-state index is 0.111. The summed E-state index contributed by atoms with van der Waals surface area (Å²) in [5, 5.41) is 0. The fourth-order valence-electron chi connectivity index (χ4n) is 2.24. The Bertz CT molecular complexity index is 497. The molecule has 2 aromatic rings. The number of nitrogens with two attached hydrogens (primary N) is 1. The van der Waals surface area contributed by atoms with Gasteiger partial charge in [-0.05, 0) is 38.5 Å². The van der Waals surface area contributed by atoms with Gasteiger partial charge >= 0.3 is 0 Å². The Morgan fingerprint density at radius 3 is 2.81 bits per heavy atom. The first kappa shape index (κ1) is 11.0. The first-order valence-electron chi connectivity index (χ1n) is 5.77. The molecule has 16 heavy (non-hydrogen) atoms. The molecule has 3 heteroatoms. The summed E-state index contributed by atoms with van der Waals surface area (Å²) in [6.45, 7) is 6.70. The van der Waals surface area contributed by atoms with E-state index in [4.69, 9.17) is 5.73 Å². The molecule has 1 aromatic heterocycles. The van der Waals surface area contributed by atoms with Crippen LogP contribution in [0.4, 0.5) is 5.69 Å². The van der Waals surface area contributed by atoms with E-state index in [9.17, 15) is 0 Å². The standard InChI is InChI=1S/C13H19N3/c1-4-7-13(2,3)16-9-15-11-8-10(14)5-6-12(11)16/h5-6,8-9H,4,7,14H2,1-3H3. The summed E-state index contributed by atoms with van der Waals surface area (Å²) in [5.41, 5.74) is 8.77. The van der Waals surface area contributed by atoms with E-state index >= 15 is 0 Å². The van der Waals surface area contributed by atoms with Crippen LogP contribution in [0.2, 0.25) is 0 Å². The van der Waals surface area contributed by atoms with Crippen LogP contribution in [0.15, 0.2) is 24.5 Å². The van der Waals surface area contributed by atoms with Gasteiger partial charge in [0.2, 0.25) is 0 Å². The number of anilines is 1. The van der Waals surface area contributed by atoms with Crippen LogP contribution < -0.4 is 5.73 Å². The van der Waals surface area contributed by atoms with Gasteiger partial charge in [-0.25, -0.2) is 4.98 Å². The maximum Gasteiger partial charge on any atom is 0.0963 e. The lowest BCUT2D eigenvalue weighted by Crippen LogP contribution is -2.25. The lowest BCUT2D eigenvalue weighted by Gasteiger charge is -2.26. The molecular weight excluding hydrogens is 198 g/mol. The molecule has 1 heterocycles. The molecule has 0 saturated heterocycles. The van der Waals surface area contributed by atoms with Crippen molar-refractivity contribution in [2.75, 3.05) is 5.73 Å². The molecule has 0 atom stereocenters. The maximum atomic E-state index is 5.75. The van der Waals surface area contributed by atoms with Gasteiger partial charge in [-0.2, -0.15) is 0 Å². The van der Waals surface area contributed by atoms with Crippen molar-refractivity contribution < 1.29 is 0 Å². The van der Waals surface area contributed by atoms with Crippen molar-refractivity contribution in [1.82, 2.24) is 9.55 Å². The van der Waals surface area contributed by atoms with Crippen LogP contribution in [0.1, 0.15) is 33.6 Å². The summed E-state index contributed by atoms with van der Waals surface area (Å²) < 4.78 is 2.24. The average Bonchev–Trinajstić information content (AvgIpc) is 2.60. The number of imidazole rings is 1. The average molecular weight is 217 g/mol. The highest BCUT2D eigenvalue weighted by molar-refractivity contribution is 5.79. The smallest absolute Gasteiger partial charge is 0.0963 e. The second-order valence-corrected chi connectivity index (χ2v) is 4.93. The number of aromatic nitrogens is 2. The third-order valence-electron chi connectivity index (χ3n) is 3.09. The molecule has 0 radical (unpaired) electrons. The van der Waals surface area contributed by atoms with Crippen LogP contribution in [0, 0.1) is 0 Å². The number of hydrogen-bond acceptors (Lipinski definition) is 2. The second-order valence-electron chi connectivity index (χ2n) is 4.93. The first-order valence-corrected chi connectivity index (χ1v) is 5.77. The van der Waals surface area contributed by atoms with Crippen LogP contribution in [-0.2, 0) is 5.54 Å². The molecule has 0 aliphatic heterocycles. The Hall–Kier alpha value is -1.51. The SMILES string of the molecule is CCCC(C)(C)n1cnc2cc(N)ccc21. The summed E-state index contributed by atoms with van der Waals surface area (Å²) in [6, 6.07) is 5.91. The van der Waals surface area contributed by atoms with Crippen molar-refractivity contribution in [3.63, 3.8) is 0 Å². The lowest BCUT2D eigenvalue weighted by molar-refractivity contribution is 0.333. The van der Waals surface area contributed by atoms with E-state index in [-0.39, 0.29) is 5.54 Å². The van der Waals surface area contributed by atoms with Crippen LogP contribution in [0.5, 0.6) is 0 Å². The summed E-state index contributed by atoms with van der Waals surface area (Å²) in [6.07, 6.45) is 4.23. The zero-order valence-corrected chi connectivity index (χ0v) is 10.2. The van der Waals surface area contributed by atoms with E-state index in [1.165, 1.54) is 6.42 Å². The van der Waals surface area contributed by atoms with Gasteiger partial charge in [-0.3, -0.25) is 0 Å². The molecule has 0 spiro atoms. The predicted octanol–water partition coefficient (Wildman–Crippen LogP) is 3.15. The Labute approximate surface area is 96.3 Å². The molecule has 0 amide bonds. The third-order valence-corrected chi connectivity index (χ3v) is 3.09. The highest BCUT2D eigenvalue weighted by Crippen LogP contribution is 2.27. The maximum absolute atomic E-state index is 5.75. The van der Waals surface area contributed by atoms with Gasteiger partial charge in [-0.15, -0.1) is 0 Å². The van der Waals surface area contributed by atoms with Gasteiger partial charge in [-0.1, -0.05) is 13.3 Å². The van der Waals surface area contributed by atoms with E-state index < -0.39 is 0 Å². The van der Waals surface area contributed by atoms with Crippen molar-refractivity contribution in [3.8, 4) is 0 Å². The highest BCUT2D eigenvalue weighted by atomic mass is 15.1. The molecular formula is C13H19N3. The van der Waals surface area contributed by atoms with Crippen LogP contribution in [0.25, 0.3) is 11.0 Å². The minimum Gasteiger partial charge on any atom is -0.399 e. The van der Waals surface area contributed by atoms with E-state index in [0.717, 1.165) is 23.1 Å². The molecule has 1 aromatic carbocycles. The highest BCUT2D eigenvalue weighted by Gasteiger charge is 2.20. The molecule has 86 valence electrons. The van der Waals surface area contributed by atoms with E-state index in [1.54, 1.807) is 0 Å². The van der Waals surface area contributed by atoms with Crippen molar-refractivity contribution in [1.29, 1.82) is 0 Å². The van der Waals surface area contributed by atoms with Gasteiger partial charge < -0.3 is 10.3 Å². The monoisotopic (exact) mass is 217 g/mol. The van der Waals surface area contributed by atoms with Crippen LogP contribution in [-0.4, -0.2) is 9.55 Å². The number of benzene rings is 1. The number of nitrogen functional groups attached to an aromatic ring is 1. The topological polar surface area (TPSA) is 43.8 Å². The van der Waals surface area contributed by atoms with Crippen molar-refractivity contribution in [2.45, 2.75) is 39.2 Å². The van der Waals surface area contributed by atoms with Crippen molar-refractivity contribution in [3.05, 3.63) is 24.5 Å². The van der Waals surface area contributed by atoms with Crippen molar-refractivity contribution >= 4 is 16.7 Å². The Kier molecular flexibility index (Phi) is 2.62. The molecule has 0 bridgehead atoms. The van der Waals surface area contributed by atoms with Gasteiger partial charge in [0.1, 0.15) is 0 Å². The van der Waals surface area contributed by atoms with Crippen LogP contribution >= 0.6 is 0 Å². The molecule has 2 N–H and O–H groups in total. The Morgan fingerprint density at radius 1 is 1.38 bits per heavy atom. The second kappa shape index (κ2) is 3.81. The zero-order chi connectivity index (χ0) is 11.8. The predicted molar refractivity (Wildman–Crippen MR) is 68.4 cm³/mol. The Morgan fingerprint density at radius 2 is 2.12 bits per heavy atom. The van der Waals surface area contributed by atoms with Gasteiger partial charge in [0.25, 0.3) is 0 Å². The van der Waals surface area contributed by atoms with Gasteiger partial charge in [0, 0.05) is 11.2 Å². The van der Waals surface area contributed by atoms with Gasteiger partial charge in [0.05, 0.1) is 17.4 Å². The summed E-state index contributed by atoms with van der Waals surface area (Å²) >= 11 is 0. The summed E-state index contributed by atoms with van der Waals surface area (Å²) in [5.74, 6) is 0. The van der Waals surface area contributed by atoms with Crippen molar-refractivity contribution in [2.24, 2.45) is 0 Å².